The minimum atomic E-state index is -3.11. The molecule has 96 valence electrons. The SMILES string of the molecule is O=C(C[C@@H]1C=CS(=O)(=O)C1)Nc1ccccc1Cl. The van der Waals surface area contributed by atoms with Crippen LogP contribution in [0.5, 0.6) is 0 Å². The van der Waals surface area contributed by atoms with Gasteiger partial charge in [0, 0.05) is 17.7 Å². The Hall–Kier alpha value is -1.33. The van der Waals surface area contributed by atoms with Crippen molar-refractivity contribution < 1.29 is 13.2 Å². The van der Waals surface area contributed by atoms with Gasteiger partial charge in [-0.15, -0.1) is 0 Å². The van der Waals surface area contributed by atoms with Crippen LogP contribution in [0.4, 0.5) is 5.69 Å². The van der Waals surface area contributed by atoms with Crippen LogP contribution in [0.25, 0.3) is 0 Å². The van der Waals surface area contributed by atoms with Crippen LogP contribution >= 0.6 is 11.6 Å². The van der Waals surface area contributed by atoms with E-state index in [0.717, 1.165) is 0 Å². The molecular formula is C12H12ClNO3S. The fraction of sp³-hybridized carbons (Fsp3) is 0.250. The molecule has 1 heterocycles. The Labute approximate surface area is 111 Å². The van der Waals surface area contributed by atoms with Crippen LogP contribution in [0.2, 0.25) is 5.02 Å². The summed E-state index contributed by atoms with van der Waals surface area (Å²) in [6.45, 7) is 0. The number of carbonyl (C=O) groups is 1. The molecule has 0 unspecified atom stereocenters. The Morgan fingerprint density at radius 2 is 2.11 bits per heavy atom. The highest BCUT2D eigenvalue weighted by Crippen LogP contribution is 2.22. The lowest BCUT2D eigenvalue weighted by Crippen LogP contribution is -2.17. The second-order valence-electron chi connectivity index (χ2n) is 4.15. The fourth-order valence-electron chi connectivity index (χ4n) is 1.77. The summed E-state index contributed by atoms with van der Waals surface area (Å²) in [4.78, 5) is 11.7. The summed E-state index contributed by atoms with van der Waals surface area (Å²) in [5, 5.41) is 4.29. The summed E-state index contributed by atoms with van der Waals surface area (Å²) in [6.07, 6.45) is 1.70. The maximum Gasteiger partial charge on any atom is 0.225 e. The van der Waals surface area contributed by atoms with E-state index in [9.17, 15) is 13.2 Å². The van der Waals surface area contributed by atoms with Crippen LogP contribution in [-0.2, 0) is 14.6 Å². The zero-order chi connectivity index (χ0) is 13.2. The molecule has 0 bridgehead atoms. The summed E-state index contributed by atoms with van der Waals surface area (Å²) in [7, 11) is -3.11. The summed E-state index contributed by atoms with van der Waals surface area (Å²) in [5.41, 5.74) is 0.536. The lowest BCUT2D eigenvalue weighted by atomic mass is 10.1. The molecule has 0 spiro atoms. The molecule has 0 saturated carbocycles. The van der Waals surface area contributed by atoms with Gasteiger partial charge in [0.05, 0.1) is 16.5 Å². The molecule has 0 aromatic heterocycles. The number of para-hydroxylation sites is 1. The maximum atomic E-state index is 11.7. The zero-order valence-corrected chi connectivity index (χ0v) is 11.0. The van der Waals surface area contributed by atoms with Crippen molar-refractivity contribution in [1.29, 1.82) is 0 Å². The number of rotatable bonds is 3. The molecule has 18 heavy (non-hydrogen) atoms. The third-order valence-corrected chi connectivity index (χ3v) is 4.39. The summed E-state index contributed by atoms with van der Waals surface area (Å²) in [5.74, 6) is -0.490. The monoisotopic (exact) mass is 285 g/mol. The van der Waals surface area contributed by atoms with Crippen molar-refractivity contribution >= 4 is 33.0 Å². The van der Waals surface area contributed by atoms with Crippen LogP contribution in [-0.4, -0.2) is 20.1 Å². The highest BCUT2D eigenvalue weighted by Gasteiger charge is 2.23. The van der Waals surface area contributed by atoms with Crippen LogP contribution in [0.15, 0.2) is 35.7 Å². The molecule has 0 fully saturated rings. The standard InChI is InChI=1S/C12H12ClNO3S/c13-10-3-1-2-4-11(10)14-12(15)7-9-5-6-18(16,17)8-9/h1-6,9H,7-8H2,(H,14,15)/t9-/m0/s1. The van der Waals surface area contributed by atoms with E-state index >= 15 is 0 Å². The first kappa shape index (κ1) is 13.1. The Kier molecular flexibility index (Phi) is 3.73. The van der Waals surface area contributed by atoms with E-state index in [1.54, 1.807) is 30.3 Å². The van der Waals surface area contributed by atoms with Crippen molar-refractivity contribution in [3.63, 3.8) is 0 Å². The Bertz CT molecular complexity index is 595. The van der Waals surface area contributed by atoms with Gasteiger partial charge in [0.15, 0.2) is 9.84 Å². The number of sulfone groups is 1. The van der Waals surface area contributed by atoms with Crippen molar-refractivity contribution in [2.24, 2.45) is 5.92 Å². The van der Waals surface area contributed by atoms with E-state index in [1.807, 2.05) is 0 Å². The van der Waals surface area contributed by atoms with Crippen LogP contribution < -0.4 is 5.32 Å². The van der Waals surface area contributed by atoms with E-state index in [0.29, 0.717) is 10.7 Å². The number of benzene rings is 1. The second kappa shape index (κ2) is 5.12. The van der Waals surface area contributed by atoms with Gasteiger partial charge in [-0.25, -0.2) is 8.42 Å². The normalized spacial score (nSPS) is 20.8. The van der Waals surface area contributed by atoms with Crippen molar-refractivity contribution in [2.75, 3.05) is 11.1 Å². The molecule has 1 aliphatic rings. The second-order valence-corrected chi connectivity index (χ2v) is 6.49. The first-order valence-electron chi connectivity index (χ1n) is 5.41. The minimum absolute atomic E-state index is 0.00292. The number of nitrogens with one attached hydrogen (secondary N) is 1. The summed E-state index contributed by atoms with van der Waals surface area (Å²) in [6, 6.07) is 6.91. The molecule has 0 saturated heterocycles. The topological polar surface area (TPSA) is 63.2 Å². The average Bonchev–Trinajstić information content (AvgIpc) is 2.61. The van der Waals surface area contributed by atoms with Crippen molar-refractivity contribution in [3.05, 3.63) is 40.8 Å². The maximum absolute atomic E-state index is 11.7. The van der Waals surface area contributed by atoms with Gasteiger partial charge in [0.1, 0.15) is 0 Å². The van der Waals surface area contributed by atoms with Crippen molar-refractivity contribution in [1.82, 2.24) is 0 Å². The molecule has 6 heteroatoms. The Morgan fingerprint density at radius 1 is 1.39 bits per heavy atom. The van der Waals surface area contributed by atoms with Crippen LogP contribution in [0.3, 0.4) is 0 Å². The lowest BCUT2D eigenvalue weighted by molar-refractivity contribution is -0.116. The molecule has 2 rings (SSSR count). The first-order valence-corrected chi connectivity index (χ1v) is 7.51. The van der Waals surface area contributed by atoms with Gasteiger partial charge < -0.3 is 5.32 Å². The highest BCUT2D eigenvalue weighted by molar-refractivity contribution is 7.94. The van der Waals surface area contributed by atoms with Gasteiger partial charge in [-0.2, -0.15) is 0 Å². The van der Waals surface area contributed by atoms with Gasteiger partial charge in [0.25, 0.3) is 0 Å². The predicted octanol–water partition coefficient (Wildman–Crippen LogP) is 2.23. The number of amides is 1. The summed E-state index contributed by atoms with van der Waals surface area (Å²) < 4.78 is 22.4. The number of hydrogen-bond acceptors (Lipinski definition) is 3. The smallest absolute Gasteiger partial charge is 0.225 e. The van der Waals surface area contributed by atoms with Gasteiger partial charge in [-0.05, 0) is 12.1 Å². The first-order chi connectivity index (χ1) is 8.46. The van der Waals surface area contributed by atoms with Gasteiger partial charge >= 0.3 is 0 Å². The van der Waals surface area contributed by atoms with Crippen molar-refractivity contribution in [3.8, 4) is 0 Å². The molecule has 1 amide bonds. The molecule has 1 aromatic rings. The Morgan fingerprint density at radius 3 is 2.72 bits per heavy atom. The molecule has 1 atom stereocenters. The van der Waals surface area contributed by atoms with E-state index in [-0.39, 0.29) is 24.0 Å². The largest absolute Gasteiger partial charge is 0.325 e. The number of halogens is 1. The summed E-state index contributed by atoms with van der Waals surface area (Å²) >= 11 is 5.91. The third-order valence-electron chi connectivity index (χ3n) is 2.60. The molecule has 0 radical (unpaired) electrons. The Balaban J connectivity index is 1.95. The quantitative estimate of drug-likeness (QED) is 0.926. The minimum Gasteiger partial charge on any atom is -0.325 e. The predicted molar refractivity (Wildman–Crippen MR) is 71.1 cm³/mol. The molecule has 1 aromatic carbocycles. The highest BCUT2D eigenvalue weighted by atomic mass is 35.5. The molecule has 1 aliphatic heterocycles. The van der Waals surface area contributed by atoms with E-state index in [2.05, 4.69) is 5.32 Å². The molecule has 0 aliphatic carbocycles. The number of carbonyl (C=O) groups excluding carboxylic acids is 1. The lowest BCUT2D eigenvalue weighted by Gasteiger charge is -2.09. The van der Waals surface area contributed by atoms with E-state index in [4.69, 9.17) is 11.6 Å². The molecule has 1 N–H and O–H groups in total. The average molecular weight is 286 g/mol. The number of hydrogen-bond donors (Lipinski definition) is 1. The third kappa shape index (κ3) is 3.34. The van der Waals surface area contributed by atoms with Gasteiger partial charge in [-0.1, -0.05) is 29.8 Å². The van der Waals surface area contributed by atoms with Crippen molar-refractivity contribution in [2.45, 2.75) is 6.42 Å². The molecule has 4 nitrogen and oxygen atoms in total. The van der Waals surface area contributed by atoms with Gasteiger partial charge in [0.2, 0.25) is 5.91 Å². The van der Waals surface area contributed by atoms with Crippen LogP contribution in [0.1, 0.15) is 6.42 Å². The fourth-order valence-corrected chi connectivity index (χ4v) is 3.35. The number of allylic oxidation sites excluding steroid dienone is 1. The number of anilines is 1. The van der Waals surface area contributed by atoms with E-state index in [1.165, 1.54) is 5.41 Å². The zero-order valence-electron chi connectivity index (χ0n) is 9.47. The molecular weight excluding hydrogens is 274 g/mol. The van der Waals surface area contributed by atoms with Gasteiger partial charge in [-0.3, -0.25) is 4.79 Å². The van der Waals surface area contributed by atoms with Crippen LogP contribution in [0, 0.1) is 5.92 Å². The van der Waals surface area contributed by atoms with E-state index < -0.39 is 9.84 Å².